The first kappa shape index (κ1) is 14.4. The normalized spacial score (nSPS) is 15.9. The summed E-state index contributed by atoms with van der Waals surface area (Å²) in [6.07, 6.45) is 8.22. The molecule has 0 aromatic heterocycles. The van der Waals surface area contributed by atoms with Gasteiger partial charge < -0.3 is 10.2 Å². The summed E-state index contributed by atoms with van der Waals surface area (Å²) < 4.78 is 1.11. The molecule has 0 radical (unpaired) electrons. The highest BCUT2D eigenvalue weighted by molar-refractivity contribution is 9.10. The highest BCUT2D eigenvalue weighted by atomic mass is 79.9. The van der Waals surface area contributed by atoms with Gasteiger partial charge in [-0.15, -0.1) is 6.42 Å². The summed E-state index contributed by atoms with van der Waals surface area (Å²) in [6.45, 7) is 3.94. The van der Waals surface area contributed by atoms with Gasteiger partial charge in [0.25, 0.3) is 0 Å². The van der Waals surface area contributed by atoms with E-state index in [0.717, 1.165) is 16.9 Å². The number of hydrogen-bond donors (Lipinski definition) is 1. The molecule has 1 aliphatic rings. The molecule has 1 aromatic carbocycles. The molecule has 1 aliphatic carbocycles. The predicted molar refractivity (Wildman–Crippen MR) is 85.4 cm³/mol. The summed E-state index contributed by atoms with van der Waals surface area (Å²) in [5.41, 5.74) is 2.56. The minimum Gasteiger partial charge on any atom is -0.360 e. The fraction of sp³-hybridized carbons (Fsp3) is 0.500. The average molecular weight is 321 g/mol. The molecule has 0 aliphatic heterocycles. The quantitative estimate of drug-likeness (QED) is 0.806. The van der Waals surface area contributed by atoms with Gasteiger partial charge in [0.1, 0.15) is 0 Å². The van der Waals surface area contributed by atoms with Crippen LogP contribution in [-0.2, 0) is 0 Å². The van der Waals surface area contributed by atoms with Crippen LogP contribution in [-0.4, -0.2) is 20.1 Å². The molecular formula is C16H21BrN2. The molecule has 19 heavy (non-hydrogen) atoms. The number of rotatable bonds is 6. The number of terminal acetylenes is 1. The largest absolute Gasteiger partial charge is 0.360 e. The molecule has 0 heterocycles. The summed E-state index contributed by atoms with van der Waals surface area (Å²) in [5, 5.41) is 3.32. The molecule has 3 heteroatoms. The Morgan fingerprint density at radius 3 is 2.84 bits per heavy atom. The highest BCUT2D eigenvalue weighted by Gasteiger charge is 2.25. The lowest BCUT2D eigenvalue weighted by molar-refractivity contribution is 0.645. The molecule has 1 saturated carbocycles. The topological polar surface area (TPSA) is 15.3 Å². The predicted octanol–water partition coefficient (Wildman–Crippen LogP) is 3.58. The van der Waals surface area contributed by atoms with Crippen LogP contribution in [0.4, 0.5) is 5.69 Å². The van der Waals surface area contributed by atoms with Crippen LogP contribution in [0.3, 0.4) is 0 Å². The van der Waals surface area contributed by atoms with Gasteiger partial charge in [0, 0.05) is 22.7 Å². The SMILES string of the molecule is C#CCN(CC1CC1)c1ccc(Br)cc1C(C)NC. The standard InChI is InChI=1S/C16H21BrN2/c1-4-9-19(11-13-5-6-13)16-8-7-14(17)10-15(16)12(2)18-3/h1,7-8,10,12-13,18H,5-6,9,11H2,2-3H3. The number of nitrogens with one attached hydrogen (secondary N) is 1. The lowest BCUT2D eigenvalue weighted by Gasteiger charge is -2.27. The monoisotopic (exact) mass is 320 g/mol. The van der Waals surface area contributed by atoms with Crippen LogP contribution in [0.2, 0.25) is 0 Å². The molecular weight excluding hydrogens is 300 g/mol. The van der Waals surface area contributed by atoms with Gasteiger partial charge in [-0.25, -0.2) is 0 Å². The third-order valence-electron chi connectivity index (χ3n) is 3.69. The Labute approximate surface area is 124 Å². The van der Waals surface area contributed by atoms with Crippen LogP contribution in [0, 0.1) is 18.3 Å². The highest BCUT2D eigenvalue weighted by Crippen LogP contribution is 2.34. The first-order valence-electron chi connectivity index (χ1n) is 6.80. The van der Waals surface area contributed by atoms with Crippen LogP contribution in [0.5, 0.6) is 0 Å². The average Bonchev–Trinajstić information content (AvgIpc) is 3.21. The number of anilines is 1. The van der Waals surface area contributed by atoms with Gasteiger partial charge in [-0.2, -0.15) is 0 Å². The molecule has 0 amide bonds. The maximum Gasteiger partial charge on any atom is 0.0791 e. The van der Waals surface area contributed by atoms with E-state index in [4.69, 9.17) is 6.42 Å². The maximum atomic E-state index is 5.53. The molecule has 1 fully saturated rings. The van der Waals surface area contributed by atoms with Gasteiger partial charge in [-0.3, -0.25) is 0 Å². The van der Waals surface area contributed by atoms with E-state index < -0.39 is 0 Å². The summed E-state index contributed by atoms with van der Waals surface area (Å²) in [4.78, 5) is 2.34. The second kappa shape index (κ2) is 6.45. The van der Waals surface area contributed by atoms with Crippen LogP contribution < -0.4 is 10.2 Å². The molecule has 1 atom stereocenters. The van der Waals surface area contributed by atoms with Gasteiger partial charge in [0.2, 0.25) is 0 Å². The number of benzene rings is 1. The van der Waals surface area contributed by atoms with E-state index >= 15 is 0 Å². The van der Waals surface area contributed by atoms with E-state index in [0.29, 0.717) is 12.6 Å². The fourth-order valence-corrected chi connectivity index (χ4v) is 2.66. The minimum atomic E-state index is 0.312. The third-order valence-corrected chi connectivity index (χ3v) is 4.18. The smallest absolute Gasteiger partial charge is 0.0791 e. The molecule has 2 rings (SSSR count). The Balaban J connectivity index is 2.31. The van der Waals surface area contributed by atoms with E-state index in [1.54, 1.807) is 0 Å². The van der Waals surface area contributed by atoms with Gasteiger partial charge >= 0.3 is 0 Å². The molecule has 1 N–H and O–H groups in total. The van der Waals surface area contributed by atoms with Crippen molar-refractivity contribution >= 4 is 21.6 Å². The Morgan fingerprint density at radius 1 is 1.53 bits per heavy atom. The van der Waals surface area contributed by atoms with Crippen molar-refractivity contribution in [3.63, 3.8) is 0 Å². The Bertz CT molecular complexity index is 474. The second-order valence-electron chi connectivity index (χ2n) is 5.24. The Hall–Kier alpha value is -0.980. The summed E-state index contributed by atoms with van der Waals surface area (Å²) in [7, 11) is 1.99. The molecule has 1 aromatic rings. The molecule has 0 bridgehead atoms. The van der Waals surface area contributed by atoms with E-state index in [1.807, 2.05) is 7.05 Å². The first-order valence-corrected chi connectivity index (χ1v) is 7.60. The zero-order chi connectivity index (χ0) is 13.8. The Morgan fingerprint density at radius 2 is 2.26 bits per heavy atom. The lowest BCUT2D eigenvalue weighted by Crippen LogP contribution is -2.28. The molecule has 2 nitrogen and oxygen atoms in total. The van der Waals surface area contributed by atoms with E-state index in [2.05, 4.69) is 57.2 Å². The summed E-state index contributed by atoms with van der Waals surface area (Å²) in [6, 6.07) is 6.77. The van der Waals surface area contributed by atoms with E-state index in [9.17, 15) is 0 Å². The van der Waals surface area contributed by atoms with E-state index in [-0.39, 0.29) is 0 Å². The van der Waals surface area contributed by atoms with Crippen LogP contribution in [0.25, 0.3) is 0 Å². The Kier molecular flexibility index (Phi) is 4.90. The summed E-state index contributed by atoms with van der Waals surface area (Å²) >= 11 is 3.56. The van der Waals surface area contributed by atoms with Crippen molar-refractivity contribution in [3.8, 4) is 12.3 Å². The fourth-order valence-electron chi connectivity index (χ4n) is 2.29. The number of hydrogen-bond acceptors (Lipinski definition) is 2. The molecule has 1 unspecified atom stereocenters. The van der Waals surface area contributed by atoms with Crippen LogP contribution in [0.15, 0.2) is 22.7 Å². The van der Waals surface area contributed by atoms with Crippen LogP contribution in [0.1, 0.15) is 31.4 Å². The van der Waals surface area contributed by atoms with E-state index in [1.165, 1.54) is 24.1 Å². The van der Waals surface area contributed by atoms with Crippen molar-refractivity contribution in [2.24, 2.45) is 5.92 Å². The van der Waals surface area contributed by atoms with Crippen molar-refractivity contribution < 1.29 is 0 Å². The van der Waals surface area contributed by atoms with Gasteiger partial charge in [0.15, 0.2) is 0 Å². The molecule has 0 spiro atoms. The van der Waals surface area contributed by atoms with Crippen molar-refractivity contribution in [1.82, 2.24) is 5.32 Å². The maximum absolute atomic E-state index is 5.53. The lowest BCUT2D eigenvalue weighted by atomic mass is 10.0. The number of nitrogens with zero attached hydrogens (tertiary/aromatic N) is 1. The van der Waals surface area contributed by atoms with Gasteiger partial charge in [0.05, 0.1) is 6.54 Å². The molecule has 0 saturated heterocycles. The van der Waals surface area contributed by atoms with Crippen molar-refractivity contribution in [1.29, 1.82) is 0 Å². The van der Waals surface area contributed by atoms with Gasteiger partial charge in [-0.1, -0.05) is 21.9 Å². The third kappa shape index (κ3) is 3.75. The van der Waals surface area contributed by atoms with Gasteiger partial charge in [-0.05, 0) is 56.5 Å². The van der Waals surface area contributed by atoms with Crippen molar-refractivity contribution in [3.05, 3.63) is 28.2 Å². The van der Waals surface area contributed by atoms with Crippen molar-refractivity contribution in [2.75, 3.05) is 25.0 Å². The second-order valence-corrected chi connectivity index (χ2v) is 6.16. The molecule has 102 valence electrons. The first-order chi connectivity index (χ1) is 9.15. The summed E-state index contributed by atoms with van der Waals surface area (Å²) in [5.74, 6) is 3.62. The van der Waals surface area contributed by atoms with Crippen LogP contribution >= 0.6 is 15.9 Å². The number of halogens is 1. The minimum absolute atomic E-state index is 0.312. The zero-order valence-electron chi connectivity index (χ0n) is 11.6. The van der Waals surface area contributed by atoms with Crippen molar-refractivity contribution in [2.45, 2.75) is 25.8 Å². The zero-order valence-corrected chi connectivity index (χ0v) is 13.2.